The molecule has 2 aliphatic rings. The van der Waals surface area contributed by atoms with Crippen molar-refractivity contribution in [1.82, 2.24) is 9.13 Å². The van der Waals surface area contributed by atoms with Crippen LogP contribution in [0.15, 0.2) is 63.7 Å². The summed E-state index contributed by atoms with van der Waals surface area (Å²) in [4.78, 5) is 39.3. The molecule has 0 unspecified atom stereocenters. The Morgan fingerprint density at radius 3 is 2.29 bits per heavy atom. The number of Topliss-reactive ketones (excluding diaryl/α,β-unsaturated/α-hetero) is 1. The number of fused-ring (bicyclic) bond motifs is 3. The monoisotopic (exact) mass is 415 g/mol. The zero-order valence-corrected chi connectivity index (χ0v) is 17.4. The van der Waals surface area contributed by atoms with Crippen LogP contribution < -0.4 is 21.3 Å². The van der Waals surface area contributed by atoms with Crippen LogP contribution >= 0.6 is 0 Å². The maximum absolute atomic E-state index is 13.4. The van der Waals surface area contributed by atoms with Crippen molar-refractivity contribution in [2.24, 2.45) is 14.1 Å². The minimum absolute atomic E-state index is 0.112. The van der Waals surface area contributed by atoms with Crippen molar-refractivity contribution in [3.05, 3.63) is 97.2 Å². The highest BCUT2D eigenvalue weighted by Crippen LogP contribution is 2.47. The molecule has 5 rings (SSSR count). The van der Waals surface area contributed by atoms with Crippen LogP contribution in [0.4, 0.5) is 5.82 Å². The molecule has 31 heavy (non-hydrogen) atoms. The Labute approximate surface area is 178 Å². The first-order chi connectivity index (χ1) is 14.9. The van der Waals surface area contributed by atoms with E-state index in [0.717, 1.165) is 15.7 Å². The van der Waals surface area contributed by atoms with Crippen molar-refractivity contribution < 1.29 is 9.53 Å². The maximum atomic E-state index is 13.4. The highest BCUT2D eigenvalue weighted by Gasteiger charge is 2.42. The SMILES string of the molecule is CCOc1ccc([C@@H]2C3=C(Nc4c2c(=O)n(C)c(=O)n4C)c2ccccc2C3=O)cc1. The topological polar surface area (TPSA) is 82.3 Å². The van der Waals surface area contributed by atoms with Crippen molar-refractivity contribution in [2.45, 2.75) is 12.8 Å². The molecule has 2 heterocycles. The van der Waals surface area contributed by atoms with Crippen LogP contribution in [0, 0.1) is 0 Å². The van der Waals surface area contributed by atoms with E-state index in [1.807, 2.05) is 49.4 Å². The normalized spacial score (nSPS) is 16.5. The quantitative estimate of drug-likeness (QED) is 0.711. The number of nitrogens with zero attached hydrogens (tertiary/aromatic N) is 2. The largest absolute Gasteiger partial charge is 0.494 e. The number of hydrogen-bond donors (Lipinski definition) is 1. The van der Waals surface area contributed by atoms with Gasteiger partial charge in [0.05, 0.1) is 17.9 Å². The fourth-order valence-corrected chi connectivity index (χ4v) is 4.51. The summed E-state index contributed by atoms with van der Waals surface area (Å²) in [6.45, 7) is 2.45. The van der Waals surface area contributed by atoms with Crippen LogP contribution in [0.2, 0.25) is 0 Å². The van der Waals surface area contributed by atoms with Crippen LogP contribution in [-0.4, -0.2) is 21.5 Å². The third kappa shape index (κ3) is 2.63. The van der Waals surface area contributed by atoms with Gasteiger partial charge in [-0.05, 0) is 24.6 Å². The second-order valence-electron chi connectivity index (χ2n) is 7.69. The second-order valence-corrected chi connectivity index (χ2v) is 7.69. The smallest absolute Gasteiger partial charge is 0.332 e. The van der Waals surface area contributed by atoms with Gasteiger partial charge in [0.2, 0.25) is 0 Å². The molecule has 0 saturated carbocycles. The van der Waals surface area contributed by atoms with Crippen LogP contribution in [0.25, 0.3) is 5.70 Å². The Bertz CT molecular complexity index is 1390. The first-order valence-electron chi connectivity index (χ1n) is 10.1. The molecule has 7 heteroatoms. The van der Waals surface area contributed by atoms with E-state index < -0.39 is 17.2 Å². The van der Waals surface area contributed by atoms with Crippen LogP contribution in [0.5, 0.6) is 5.75 Å². The summed E-state index contributed by atoms with van der Waals surface area (Å²) in [5.41, 5.74) is 2.86. The highest BCUT2D eigenvalue weighted by atomic mass is 16.5. The summed E-state index contributed by atoms with van der Waals surface area (Å²) in [5, 5.41) is 3.24. The van der Waals surface area contributed by atoms with E-state index in [1.54, 1.807) is 13.1 Å². The van der Waals surface area contributed by atoms with Gasteiger partial charge in [-0.25, -0.2) is 4.79 Å². The summed E-state index contributed by atoms with van der Waals surface area (Å²) >= 11 is 0. The van der Waals surface area contributed by atoms with Gasteiger partial charge in [0.15, 0.2) is 5.78 Å². The number of carbonyl (C=O) groups excluding carboxylic acids is 1. The zero-order chi connectivity index (χ0) is 21.9. The van der Waals surface area contributed by atoms with E-state index in [9.17, 15) is 14.4 Å². The predicted molar refractivity (Wildman–Crippen MR) is 118 cm³/mol. The Balaban J connectivity index is 1.82. The number of hydrogen-bond acceptors (Lipinski definition) is 5. The fourth-order valence-electron chi connectivity index (χ4n) is 4.51. The van der Waals surface area contributed by atoms with E-state index in [-0.39, 0.29) is 5.78 Å². The lowest BCUT2D eigenvalue weighted by Gasteiger charge is -2.29. The number of anilines is 1. The molecule has 0 amide bonds. The highest BCUT2D eigenvalue weighted by molar-refractivity contribution is 6.23. The lowest BCUT2D eigenvalue weighted by molar-refractivity contribution is 0.103. The summed E-state index contributed by atoms with van der Waals surface area (Å²) in [7, 11) is 3.08. The average Bonchev–Trinajstić information content (AvgIpc) is 3.08. The Kier molecular flexibility index (Phi) is 4.22. The Morgan fingerprint density at radius 1 is 0.935 bits per heavy atom. The number of rotatable bonds is 3. The number of allylic oxidation sites excluding steroid dienone is 1. The number of carbonyl (C=O) groups is 1. The Morgan fingerprint density at radius 2 is 1.61 bits per heavy atom. The number of ketones is 1. The molecule has 1 aliphatic heterocycles. The first-order valence-corrected chi connectivity index (χ1v) is 10.1. The van der Waals surface area contributed by atoms with Crippen molar-refractivity contribution in [2.75, 3.05) is 11.9 Å². The first kappa shape index (κ1) is 19.1. The lowest BCUT2D eigenvalue weighted by Crippen LogP contribution is -2.42. The minimum Gasteiger partial charge on any atom is -0.494 e. The van der Waals surface area contributed by atoms with E-state index in [2.05, 4.69) is 5.32 Å². The molecule has 1 N–H and O–H groups in total. The molecule has 0 fully saturated rings. The van der Waals surface area contributed by atoms with Gasteiger partial charge in [0.1, 0.15) is 11.6 Å². The summed E-state index contributed by atoms with van der Waals surface area (Å²) in [5.74, 6) is 0.408. The number of ether oxygens (including phenoxy) is 1. The van der Waals surface area contributed by atoms with Gasteiger partial charge in [-0.1, -0.05) is 36.4 Å². The molecule has 0 saturated heterocycles. The maximum Gasteiger partial charge on any atom is 0.332 e. The van der Waals surface area contributed by atoms with Gasteiger partial charge in [-0.15, -0.1) is 0 Å². The van der Waals surface area contributed by atoms with Gasteiger partial charge in [-0.2, -0.15) is 0 Å². The molecule has 3 aromatic rings. The van der Waals surface area contributed by atoms with Gasteiger partial charge in [-0.3, -0.25) is 18.7 Å². The van der Waals surface area contributed by atoms with Crippen molar-refractivity contribution >= 4 is 17.3 Å². The van der Waals surface area contributed by atoms with Crippen molar-refractivity contribution in [1.29, 1.82) is 0 Å². The van der Waals surface area contributed by atoms with E-state index in [4.69, 9.17) is 4.74 Å². The minimum atomic E-state index is -0.604. The zero-order valence-electron chi connectivity index (χ0n) is 17.4. The standard InChI is InChI=1S/C24H21N3O4/c1-4-31-14-11-9-13(10-12-14)17-18-20(15-7-5-6-8-16(15)21(18)28)25-22-19(17)23(29)27(3)24(30)26(22)2/h5-12,17,25H,4H2,1-3H3/t17-/m1/s1. The second kappa shape index (κ2) is 6.84. The fraction of sp³-hybridized carbons (Fsp3) is 0.208. The molecule has 156 valence electrons. The van der Waals surface area contributed by atoms with Crippen LogP contribution in [0.3, 0.4) is 0 Å². The van der Waals surface area contributed by atoms with Gasteiger partial charge >= 0.3 is 5.69 Å². The summed E-state index contributed by atoms with van der Waals surface area (Å²) < 4.78 is 8.06. The molecule has 1 aromatic heterocycles. The number of nitrogens with one attached hydrogen (secondary N) is 1. The van der Waals surface area contributed by atoms with Crippen molar-refractivity contribution in [3.63, 3.8) is 0 Å². The average molecular weight is 415 g/mol. The van der Waals surface area contributed by atoms with Gasteiger partial charge in [0, 0.05) is 36.7 Å². The van der Waals surface area contributed by atoms with Gasteiger partial charge < -0.3 is 10.1 Å². The molecule has 0 bridgehead atoms. The molecule has 0 radical (unpaired) electrons. The van der Waals surface area contributed by atoms with Crippen LogP contribution in [0.1, 0.15) is 39.9 Å². The van der Waals surface area contributed by atoms with E-state index >= 15 is 0 Å². The molecule has 0 spiro atoms. The third-order valence-corrected chi connectivity index (χ3v) is 6.00. The number of aromatic nitrogens is 2. The van der Waals surface area contributed by atoms with E-state index in [1.165, 1.54) is 11.6 Å². The predicted octanol–water partition coefficient (Wildman–Crippen LogP) is 2.65. The molecular formula is C24H21N3O4. The lowest BCUT2D eigenvalue weighted by atomic mass is 9.81. The molecular weight excluding hydrogens is 394 g/mol. The summed E-state index contributed by atoms with van der Waals surface area (Å²) in [6.07, 6.45) is 0. The molecule has 7 nitrogen and oxygen atoms in total. The number of benzene rings is 2. The molecule has 1 aliphatic carbocycles. The Hall–Kier alpha value is -3.87. The van der Waals surface area contributed by atoms with Crippen LogP contribution in [-0.2, 0) is 14.1 Å². The van der Waals surface area contributed by atoms with Crippen molar-refractivity contribution in [3.8, 4) is 5.75 Å². The van der Waals surface area contributed by atoms with Gasteiger partial charge in [0.25, 0.3) is 5.56 Å². The summed E-state index contributed by atoms with van der Waals surface area (Å²) in [6, 6.07) is 14.8. The molecule has 2 aromatic carbocycles. The third-order valence-electron chi connectivity index (χ3n) is 6.00. The van der Waals surface area contributed by atoms with E-state index in [0.29, 0.717) is 40.6 Å². The molecule has 1 atom stereocenters.